The highest BCUT2D eigenvalue weighted by atomic mass is 35.5. The summed E-state index contributed by atoms with van der Waals surface area (Å²) in [6.07, 6.45) is 2.44. The lowest BCUT2D eigenvalue weighted by atomic mass is 9.92. The molecule has 12 heteroatoms. The van der Waals surface area contributed by atoms with E-state index in [9.17, 15) is 24.3 Å². The molecule has 0 saturated carbocycles. The number of rotatable bonds is 7. The first-order valence-electron chi connectivity index (χ1n) is 12.6. The molecule has 0 spiro atoms. The number of benzene rings is 1. The second-order valence-corrected chi connectivity index (χ2v) is 10.4. The topological polar surface area (TPSA) is 140 Å². The van der Waals surface area contributed by atoms with Gasteiger partial charge in [0, 0.05) is 51.3 Å². The summed E-state index contributed by atoms with van der Waals surface area (Å²) in [6.45, 7) is 2.73. The van der Waals surface area contributed by atoms with Gasteiger partial charge in [-0.2, -0.15) is 0 Å². The number of likely N-dealkylation sites (tertiary alicyclic amines) is 2. The second-order valence-electron chi connectivity index (χ2n) is 9.99. The van der Waals surface area contributed by atoms with Crippen molar-refractivity contribution in [2.24, 2.45) is 5.92 Å². The molecule has 0 radical (unpaired) electrons. The largest absolute Gasteiger partial charge is 0.465 e. The summed E-state index contributed by atoms with van der Waals surface area (Å²) < 4.78 is 5.75. The van der Waals surface area contributed by atoms with E-state index in [0.29, 0.717) is 67.8 Å². The maximum atomic E-state index is 13.1. The number of ether oxygens (including phenoxy) is 1. The third-order valence-electron chi connectivity index (χ3n) is 7.45. The number of carboxylic acid groups (broad SMARTS) is 1. The Morgan fingerprint density at radius 2 is 1.78 bits per heavy atom. The summed E-state index contributed by atoms with van der Waals surface area (Å²) in [5, 5.41) is 22.3. The van der Waals surface area contributed by atoms with Gasteiger partial charge >= 0.3 is 12.1 Å². The van der Waals surface area contributed by atoms with E-state index in [-0.39, 0.29) is 31.4 Å². The SMILES string of the molecule is O=C1CCN(c2cc(C(=O)N3CCC(CCOCC4(O)CCN(C(=O)O)CC4)CC3)ccc2Cl)C(=O)N1. The van der Waals surface area contributed by atoms with Crippen LogP contribution in [0.2, 0.25) is 5.02 Å². The van der Waals surface area contributed by atoms with Crippen molar-refractivity contribution in [3.8, 4) is 0 Å². The quantitative estimate of drug-likeness (QED) is 0.455. The fraction of sp³-hybridized carbons (Fsp3) is 0.600. The zero-order chi connectivity index (χ0) is 26.6. The molecule has 11 nitrogen and oxygen atoms in total. The minimum absolute atomic E-state index is 0.129. The van der Waals surface area contributed by atoms with Crippen LogP contribution < -0.4 is 10.2 Å². The standard InChI is InChI=1S/C25H33ClN4O7/c26-19-2-1-18(15-20(19)30-11-5-21(31)27-23(30)33)22(32)28-9-3-17(4-10-28)6-14-37-16-25(36)7-12-29(13-8-25)24(34)35/h1-2,15,17,36H,3-14,16H2,(H,34,35)(H,27,31,33). The number of carbonyl (C=O) groups is 4. The second kappa shape index (κ2) is 11.7. The maximum absolute atomic E-state index is 13.1. The van der Waals surface area contributed by atoms with Gasteiger partial charge in [0.25, 0.3) is 5.91 Å². The molecule has 37 heavy (non-hydrogen) atoms. The van der Waals surface area contributed by atoms with Crippen LogP contribution in [-0.4, -0.2) is 95.5 Å². The average molecular weight is 537 g/mol. The van der Waals surface area contributed by atoms with Crippen molar-refractivity contribution in [3.05, 3.63) is 28.8 Å². The van der Waals surface area contributed by atoms with E-state index in [1.54, 1.807) is 23.1 Å². The number of hydrogen-bond acceptors (Lipinski definition) is 6. The normalized spacial score (nSPS) is 20.6. The number of halogens is 1. The van der Waals surface area contributed by atoms with Crippen molar-refractivity contribution in [1.29, 1.82) is 0 Å². The number of nitrogens with zero attached hydrogens (tertiary/aromatic N) is 3. The van der Waals surface area contributed by atoms with Crippen molar-refractivity contribution in [2.45, 2.75) is 44.1 Å². The summed E-state index contributed by atoms with van der Waals surface area (Å²) in [6, 6.07) is 4.29. The number of amides is 5. The zero-order valence-corrected chi connectivity index (χ0v) is 21.4. The first-order valence-corrected chi connectivity index (χ1v) is 13.0. The van der Waals surface area contributed by atoms with Gasteiger partial charge in [0.1, 0.15) is 0 Å². The molecule has 202 valence electrons. The minimum Gasteiger partial charge on any atom is -0.465 e. The van der Waals surface area contributed by atoms with Crippen LogP contribution in [0, 0.1) is 5.92 Å². The van der Waals surface area contributed by atoms with E-state index < -0.39 is 17.7 Å². The predicted octanol–water partition coefficient (Wildman–Crippen LogP) is 2.55. The predicted molar refractivity (Wildman–Crippen MR) is 135 cm³/mol. The molecular weight excluding hydrogens is 504 g/mol. The fourth-order valence-electron chi connectivity index (χ4n) is 5.02. The first kappa shape index (κ1) is 27.2. The number of urea groups is 1. The summed E-state index contributed by atoms with van der Waals surface area (Å²) >= 11 is 6.29. The Labute approximate surface area is 220 Å². The minimum atomic E-state index is -0.983. The van der Waals surface area contributed by atoms with Gasteiger partial charge in [0.15, 0.2) is 0 Å². The summed E-state index contributed by atoms with van der Waals surface area (Å²) in [5.74, 6) is -0.0613. The van der Waals surface area contributed by atoms with Crippen LogP contribution in [0.1, 0.15) is 48.9 Å². The highest BCUT2D eigenvalue weighted by Crippen LogP contribution is 2.30. The van der Waals surface area contributed by atoms with E-state index in [0.717, 1.165) is 19.3 Å². The molecule has 3 aliphatic rings. The molecule has 5 amide bonds. The Kier molecular flexibility index (Phi) is 8.56. The molecule has 0 aromatic heterocycles. The smallest absolute Gasteiger partial charge is 0.407 e. The number of carbonyl (C=O) groups excluding carboxylic acids is 3. The molecular formula is C25H33ClN4O7. The number of nitrogens with one attached hydrogen (secondary N) is 1. The summed E-state index contributed by atoms with van der Waals surface area (Å²) in [5.41, 5.74) is -0.142. The molecule has 0 aliphatic carbocycles. The van der Waals surface area contributed by atoms with E-state index in [2.05, 4.69) is 5.32 Å². The lowest BCUT2D eigenvalue weighted by molar-refractivity contribution is -0.120. The summed E-state index contributed by atoms with van der Waals surface area (Å²) in [7, 11) is 0. The van der Waals surface area contributed by atoms with Crippen molar-refractivity contribution < 1.29 is 34.1 Å². The fourth-order valence-corrected chi connectivity index (χ4v) is 5.24. The number of aliphatic hydroxyl groups is 1. The molecule has 1 aromatic rings. The van der Waals surface area contributed by atoms with Crippen molar-refractivity contribution in [2.75, 3.05) is 50.8 Å². The van der Waals surface area contributed by atoms with E-state index in [1.807, 2.05) is 0 Å². The van der Waals surface area contributed by atoms with Crippen LogP contribution in [0.5, 0.6) is 0 Å². The molecule has 3 fully saturated rings. The van der Waals surface area contributed by atoms with Crippen molar-refractivity contribution in [3.63, 3.8) is 0 Å². The number of hydrogen-bond donors (Lipinski definition) is 3. The highest BCUT2D eigenvalue weighted by Gasteiger charge is 2.34. The third kappa shape index (κ3) is 6.71. The molecule has 4 rings (SSSR count). The van der Waals surface area contributed by atoms with E-state index >= 15 is 0 Å². The molecule has 3 N–H and O–H groups in total. The lowest BCUT2D eigenvalue weighted by Crippen LogP contribution is -2.49. The summed E-state index contributed by atoms with van der Waals surface area (Å²) in [4.78, 5) is 52.3. The van der Waals surface area contributed by atoms with Gasteiger partial charge in [-0.25, -0.2) is 9.59 Å². The molecule has 3 heterocycles. The molecule has 0 atom stereocenters. The van der Waals surface area contributed by atoms with Crippen molar-refractivity contribution in [1.82, 2.24) is 15.1 Å². The van der Waals surface area contributed by atoms with Crippen LogP contribution in [-0.2, 0) is 9.53 Å². The van der Waals surface area contributed by atoms with Gasteiger partial charge in [-0.1, -0.05) is 11.6 Å². The van der Waals surface area contributed by atoms with Crippen LogP contribution in [0.25, 0.3) is 0 Å². The Morgan fingerprint density at radius 3 is 2.43 bits per heavy atom. The van der Waals surface area contributed by atoms with Gasteiger partial charge in [0.2, 0.25) is 5.91 Å². The highest BCUT2D eigenvalue weighted by molar-refractivity contribution is 6.34. The van der Waals surface area contributed by atoms with E-state index in [1.165, 1.54) is 9.80 Å². The van der Waals surface area contributed by atoms with Gasteiger partial charge in [-0.3, -0.25) is 19.8 Å². The molecule has 3 saturated heterocycles. The Morgan fingerprint density at radius 1 is 1.08 bits per heavy atom. The molecule has 3 aliphatic heterocycles. The lowest BCUT2D eigenvalue weighted by Gasteiger charge is -2.37. The Bertz CT molecular complexity index is 1040. The first-order chi connectivity index (χ1) is 17.6. The monoisotopic (exact) mass is 536 g/mol. The average Bonchev–Trinajstić information content (AvgIpc) is 2.87. The Hall–Kier alpha value is -2.89. The van der Waals surface area contributed by atoms with Gasteiger partial charge in [-0.05, 0) is 56.2 Å². The van der Waals surface area contributed by atoms with Crippen LogP contribution in [0.3, 0.4) is 0 Å². The number of anilines is 1. The van der Waals surface area contributed by atoms with Gasteiger partial charge < -0.3 is 24.7 Å². The van der Waals surface area contributed by atoms with Crippen molar-refractivity contribution >= 4 is 41.2 Å². The molecule has 0 bridgehead atoms. The van der Waals surface area contributed by atoms with Gasteiger partial charge in [0.05, 0.1) is 22.9 Å². The van der Waals surface area contributed by atoms with Crippen LogP contribution in [0.15, 0.2) is 18.2 Å². The maximum Gasteiger partial charge on any atom is 0.407 e. The van der Waals surface area contributed by atoms with Gasteiger partial charge in [-0.15, -0.1) is 0 Å². The molecule has 0 unspecified atom stereocenters. The third-order valence-corrected chi connectivity index (χ3v) is 7.77. The zero-order valence-electron chi connectivity index (χ0n) is 20.7. The molecule has 1 aromatic carbocycles. The van der Waals surface area contributed by atoms with Crippen LogP contribution >= 0.6 is 11.6 Å². The number of piperidine rings is 2. The van der Waals surface area contributed by atoms with E-state index in [4.69, 9.17) is 21.4 Å². The van der Waals surface area contributed by atoms with Crippen LogP contribution in [0.4, 0.5) is 15.3 Å². The number of imide groups is 1. The Balaban J connectivity index is 1.22.